The Labute approximate surface area is 162 Å². The number of halogens is 1. The highest BCUT2D eigenvalue weighted by Crippen LogP contribution is 2.17. The summed E-state index contributed by atoms with van der Waals surface area (Å²) in [6, 6.07) is 3.89. The third-order valence-electron chi connectivity index (χ3n) is 3.47. The lowest BCUT2D eigenvalue weighted by atomic mass is 9.92. The highest BCUT2D eigenvalue weighted by atomic mass is 127. The first-order valence-corrected chi connectivity index (χ1v) is 8.19. The van der Waals surface area contributed by atoms with Gasteiger partial charge < -0.3 is 20.4 Å². The molecule has 0 aliphatic carbocycles. The number of hydrogen-bond acceptors (Lipinski definition) is 3. The third kappa shape index (κ3) is 7.11. The number of guanidine groups is 1. The second-order valence-electron chi connectivity index (χ2n) is 6.25. The van der Waals surface area contributed by atoms with Gasteiger partial charge in [-0.1, -0.05) is 0 Å². The van der Waals surface area contributed by atoms with Gasteiger partial charge >= 0.3 is 0 Å². The Balaban J connectivity index is 0.00000529. The van der Waals surface area contributed by atoms with Crippen molar-refractivity contribution < 1.29 is 9.21 Å². The zero-order chi connectivity index (χ0) is 17.5. The van der Waals surface area contributed by atoms with Crippen molar-refractivity contribution >= 4 is 35.8 Å². The number of carbonyl (C=O) groups is 1. The standard InChI is InChI=1S/C17H30N4O2.HI/c1-7-18-15(22)17(5,6)11-20-16(19-8-2)21-13(4)14-10-9-12(3)23-14;/h9-10,13H,7-8,11H2,1-6H3,(H,18,22)(H2,19,20,21);1H. The van der Waals surface area contributed by atoms with Crippen LogP contribution in [0.2, 0.25) is 0 Å². The van der Waals surface area contributed by atoms with E-state index in [4.69, 9.17) is 4.42 Å². The van der Waals surface area contributed by atoms with Gasteiger partial charge in [-0.2, -0.15) is 0 Å². The molecule has 0 aliphatic rings. The second kappa shape index (κ2) is 10.6. The van der Waals surface area contributed by atoms with E-state index in [1.807, 2.05) is 53.7 Å². The number of carbonyl (C=O) groups excluding carboxylic acids is 1. The highest BCUT2D eigenvalue weighted by molar-refractivity contribution is 14.0. The fourth-order valence-corrected chi connectivity index (χ4v) is 2.03. The molecule has 0 saturated carbocycles. The van der Waals surface area contributed by atoms with Gasteiger partial charge in [0.25, 0.3) is 0 Å². The number of nitrogens with one attached hydrogen (secondary N) is 3. The quantitative estimate of drug-likeness (QED) is 0.339. The summed E-state index contributed by atoms with van der Waals surface area (Å²) in [4.78, 5) is 16.6. The summed E-state index contributed by atoms with van der Waals surface area (Å²) < 4.78 is 5.63. The lowest BCUT2D eigenvalue weighted by Crippen LogP contribution is -2.42. The Morgan fingerprint density at radius 2 is 1.88 bits per heavy atom. The van der Waals surface area contributed by atoms with Crippen LogP contribution in [-0.2, 0) is 4.79 Å². The van der Waals surface area contributed by atoms with Crippen LogP contribution in [0.4, 0.5) is 0 Å². The molecule has 7 heteroatoms. The first kappa shape index (κ1) is 22.8. The molecule has 1 aromatic rings. The van der Waals surface area contributed by atoms with Gasteiger partial charge in [0.2, 0.25) is 5.91 Å². The van der Waals surface area contributed by atoms with Crippen LogP contribution in [0.15, 0.2) is 21.5 Å². The second-order valence-corrected chi connectivity index (χ2v) is 6.25. The summed E-state index contributed by atoms with van der Waals surface area (Å²) >= 11 is 0. The minimum atomic E-state index is -0.553. The van der Waals surface area contributed by atoms with Crippen molar-refractivity contribution in [2.45, 2.75) is 47.6 Å². The number of amides is 1. The molecular formula is C17H31IN4O2. The van der Waals surface area contributed by atoms with Gasteiger partial charge in [0.1, 0.15) is 11.5 Å². The summed E-state index contributed by atoms with van der Waals surface area (Å²) in [5.41, 5.74) is -0.553. The van der Waals surface area contributed by atoms with E-state index < -0.39 is 5.41 Å². The maximum atomic E-state index is 12.0. The van der Waals surface area contributed by atoms with Crippen molar-refractivity contribution in [1.29, 1.82) is 0 Å². The molecule has 6 nitrogen and oxygen atoms in total. The van der Waals surface area contributed by atoms with Gasteiger partial charge in [0, 0.05) is 13.1 Å². The Bertz CT molecular complexity index is 540. The molecule has 0 radical (unpaired) electrons. The van der Waals surface area contributed by atoms with E-state index in [9.17, 15) is 4.79 Å². The molecule has 0 spiro atoms. The van der Waals surface area contributed by atoms with Crippen LogP contribution in [0.25, 0.3) is 0 Å². The average Bonchev–Trinajstić information content (AvgIpc) is 2.92. The first-order chi connectivity index (χ1) is 10.8. The van der Waals surface area contributed by atoms with E-state index in [0.717, 1.165) is 18.1 Å². The Morgan fingerprint density at radius 1 is 1.25 bits per heavy atom. The van der Waals surface area contributed by atoms with E-state index in [1.165, 1.54) is 0 Å². The normalized spacial score (nSPS) is 13.0. The first-order valence-electron chi connectivity index (χ1n) is 8.19. The number of nitrogens with zero attached hydrogens (tertiary/aromatic N) is 1. The predicted molar refractivity (Wildman–Crippen MR) is 109 cm³/mol. The van der Waals surface area contributed by atoms with Crippen LogP contribution >= 0.6 is 24.0 Å². The molecule has 3 N–H and O–H groups in total. The SMILES string of the molecule is CCNC(=O)C(C)(C)CN=C(NCC)NC(C)c1ccc(C)o1.I. The van der Waals surface area contributed by atoms with Gasteiger partial charge in [-0.25, -0.2) is 0 Å². The van der Waals surface area contributed by atoms with Crippen LogP contribution in [-0.4, -0.2) is 31.5 Å². The zero-order valence-corrected chi connectivity index (χ0v) is 17.9. The fourth-order valence-electron chi connectivity index (χ4n) is 2.03. The summed E-state index contributed by atoms with van der Waals surface area (Å²) in [5, 5.41) is 9.35. The fraction of sp³-hybridized carbons (Fsp3) is 0.647. The van der Waals surface area contributed by atoms with Gasteiger partial charge in [-0.05, 0) is 53.7 Å². The van der Waals surface area contributed by atoms with Crippen molar-refractivity contribution in [2.24, 2.45) is 10.4 Å². The maximum Gasteiger partial charge on any atom is 0.227 e. The smallest absolute Gasteiger partial charge is 0.227 e. The molecule has 0 aromatic carbocycles. The molecular weight excluding hydrogens is 419 g/mol. The Morgan fingerprint density at radius 3 is 2.38 bits per heavy atom. The summed E-state index contributed by atoms with van der Waals surface area (Å²) in [5.74, 6) is 2.42. The molecule has 1 heterocycles. The number of rotatable bonds is 7. The number of hydrogen-bond donors (Lipinski definition) is 3. The van der Waals surface area contributed by atoms with E-state index in [-0.39, 0.29) is 35.9 Å². The molecule has 1 aromatic heterocycles. The van der Waals surface area contributed by atoms with Gasteiger partial charge in [-0.15, -0.1) is 24.0 Å². The number of furan rings is 1. The average molecular weight is 450 g/mol. The number of aliphatic imine (C=N–C) groups is 1. The van der Waals surface area contributed by atoms with Crippen LogP contribution in [0.5, 0.6) is 0 Å². The van der Waals surface area contributed by atoms with Gasteiger partial charge in [-0.3, -0.25) is 9.79 Å². The predicted octanol–water partition coefficient (Wildman–Crippen LogP) is 2.98. The monoisotopic (exact) mass is 450 g/mol. The minimum Gasteiger partial charge on any atom is -0.464 e. The van der Waals surface area contributed by atoms with E-state index in [1.54, 1.807) is 0 Å². The topological polar surface area (TPSA) is 78.7 Å². The molecule has 1 atom stereocenters. The lowest BCUT2D eigenvalue weighted by Gasteiger charge is -2.22. The maximum absolute atomic E-state index is 12.0. The number of aryl methyl sites for hydroxylation is 1. The van der Waals surface area contributed by atoms with Crippen LogP contribution in [0.3, 0.4) is 0 Å². The highest BCUT2D eigenvalue weighted by Gasteiger charge is 2.27. The molecule has 1 amide bonds. The van der Waals surface area contributed by atoms with Crippen molar-refractivity contribution in [3.8, 4) is 0 Å². The molecule has 138 valence electrons. The summed E-state index contributed by atoms with van der Waals surface area (Å²) in [7, 11) is 0. The van der Waals surface area contributed by atoms with Crippen molar-refractivity contribution in [3.05, 3.63) is 23.7 Å². The van der Waals surface area contributed by atoms with Crippen molar-refractivity contribution in [3.63, 3.8) is 0 Å². The molecule has 0 saturated heterocycles. The molecule has 1 unspecified atom stereocenters. The molecule has 0 fully saturated rings. The minimum absolute atomic E-state index is 0. The third-order valence-corrected chi connectivity index (χ3v) is 3.47. The Hall–Kier alpha value is -1.25. The van der Waals surface area contributed by atoms with E-state index in [2.05, 4.69) is 20.9 Å². The lowest BCUT2D eigenvalue weighted by molar-refractivity contribution is -0.128. The van der Waals surface area contributed by atoms with Gasteiger partial charge in [0.05, 0.1) is 18.0 Å². The Kier molecular flexibility index (Phi) is 10.0. The summed E-state index contributed by atoms with van der Waals surface area (Å²) in [6.07, 6.45) is 0. The molecule has 0 bridgehead atoms. The van der Waals surface area contributed by atoms with Crippen LogP contribution in [0, 0.1) is 12.3 Å². The van der Waals surface area contributed by atoms with Crippen molar-refractivity contribution in [1.82, 2.24) is 16.0 Å². The molecule has 1 rings (SSSR count). The largest absolute Gasteiger partial charge is 0.464 e. The van der Waals surface area contributed by atoms with E-state index in [0.29, 0.717) is 19.0 Å². The van der Waals surface area contributed by atoms with Crippen LogP contribution in [0.1, 0.15) is 52.2 Å². The molecule has 24 heavy (non-hydrogen) atoms. The zero-order valence-electron chi connectivity index (χ0n) is 15.5. The van der Waals surface area contributed by atoms with Gasteiger partial charge in [0.15, 0.2) is 5.96 Å². The van der Waals surface area contributed by atoms with E-state index >= 15 is 0 Å². The van der Waals surface area contributed by atoms with Crippen LogP contribution < -0.4 is 16.0 Å². The molecule has 0 aliphatic heterocycles. The summed E-state index contributed by atoms with van der Waals surface area (Å²) in [6.45, 7) is 13.4. The van der Waals surface area contributed by atoms with Crippen molar-refractivity contribution in [2.75, 3.05) is 19.6 Å².